The van der Waals surface area contributed by atoms with E-state index in [4.69, 9.17) is 11.6 Å². The number of rotatable bonds is 2. The number of piperazine rings is 1. The standard InChI is InChI=1S/C15H22ClN3/c16-13-2-1-3-15(12-13)19-10-8-18(9-11-19)14-4-6-17-7-5-14/h1-3,12,14,17H,4-11H2. The highest BCUT2D eigenvalue weighted by Gasteiger charge is 2.24. The van der Waals surface area contributed by atoms with Crippen LogP contribution in [0.5, 0.6) is 0 Å². The molecule has 0 aromatic heterocycles. The van der Waals surface area contributed by atoms with Crippen LogP contribution in [-0.2, 0) is 0 Å². The molecule has 0 spiro atoms. The molecule has 2 aliphatic rings. The maximum absolute atomic E-state index is 6.07. The van der Waals surface area contributed by atoms with Gasteiger partial charge in [0.25, 0.3) is 0 Å². The van der Waals surface area contributed by atoms with Crippen molar-refractivity contribution in [2.45, 2.75) is 18.9 Å². The minimum Gasteiger partial charge on any atom is -0.369 e. The van der Waals surface area contributed by atoms with Gasteiger partial charge >= 0.3 is 0 Å². The van der Waals surface area contributed by atoms with Crippen LogP contribution in [-0.4, -0.2) is 50.2 Å². The molecule has 0 unspecified atom stereocenters. The molecule has 0 saturated carbocycles. The Morgan fingerprint density at radius 2 is 1.79 bits per heavy atom. The lowest BCUT2D eigenvalue weighted by Gasteiger charge is -2.41. The van der Waals surface area contributed by atoms with E-state index in [9.17, 15) is 0 Å². The van der Waals surface area contributed by atoms with Gasteiger partial charge in [0, 0.05) is 42.9 Å². The molecule has 2 saturated heterocycles. The third-order valence-electron chi connectivity index (χ3n) is 4.31. The highest BCUT2D eigenvalue weighted by Crippen LogP contribution is 2.22. The van der Waals surface area contributed by atoms with Gasteiger partial charge in [0.15, 0.2) is 0 Å². The maximum atomic E-state index is 6.07. The number of nitrogens with zero attached hydrogens (tertiary/aromatic N) is 2. The molecule has 0 amide bonds. The van der Waals surface area contributed by atoms with Crippen molar-refractivity contribution < 1.29 is 0 Å². The predicted octanol–water partition coefficient (Wildman–Crippen LogP) is 2.21. The van der Waals surface area contributed by atoms with E-state index in [-0.39, 0.29) is 0 Å². The highest BCUT2D eigenvalue weighted by atomic mass is 35.5. The van der Waals surface area contributed by atoms with Crippen molar-refractivity contribution in [3.63, 3.8) is 0 Å². The quantitative estimate of drug-likeness (QED) is 0.896. The Kier molecular flexibility index (Phi) is 4.26. The molecule has 1 aromatic carbocycles. The van der Waals surface area contributed by atoms with Crippen LogP contribution in [0.1, 0.15) is 12.8 Å². The van der Waals surface area contributed by atoms with E-state index in [0.717, 1.165) is 24.2 Å². The average Bonchev–Trinajstić information content (AvgIpc) is 2.48. The summed E-state index contributed by atoms with van der Waals surface area (Å²) < 4.78 is 0. The van der Waals surface area contributed by atoms with E-state index >= 15 is 0 Å². The number of benzene rings is 1. The molecule has 4 heteroatoms. The van der Waals surface area contributed by atoms with Gasteiger partial charge in [0.1, 0.15) is 0 Å². The lowest BCUT2D eigenvalue weighted by Crippen LogP contribution is -2.52. The van der Waals surface area contributed by atoms with Crippen LogP contribution in [0.2, 0.25) is 5.02 Å². The molecular weight excluding hydrogens is 258 g/mol. The first-order valence-electron chi connectivity index (χ1n) is 7.28. The topological polar surface area (TPSA) is 18.5 Å². The van der Waals surface area contributed by atoms with Gasteiger partial charge in [-0.15, -0.1) is 0 Å². The molecule has 19 heavy (non-hydrogen) atoms. The van der Waals surface area contributed by atoms with Gasteiger partial charge in [0.05, 0.1) is 0 Å². The molecule has 2 heterocycles. The molecule has 1 N–H and O–H groups in total. The average molecular weight is 280 g/mol. The van der Waals surface area contributed by atoms with E-state index in [1.54, 1.807) is 0 Å². The van der Waals surface area contributed by atoms with Crippen LogP contribution in [0.3, 0.4) is 0 Å². The summed E-state index contributed by atoms with van der Waals surface area (Å²) in [6.07, 6.45) is 2.61. The Bertz CT molecular complexity index is 410. The normalized spacial score (nSPS) is 22.7. The van der Waals surface area contributed by atoms with Crippen molar-refractivity contribution >= 4 is 17.3 Å². The third kappa shape index (κ3) is 3.22. The summed E-state index contributed by atoms with van der Waals surface area (Å²) in [4.78, 5) is 5.12. The van der Waals surface area contributed by atoms with Crippen molar-refractivity contribution in [1.82, 2.24) is 10.2 Å². The summed E-state index contributed by atoms with van der Waals surface area (Å²) in [7, 11) is 0. The van der Waals surface area contributed by atoms with Crippen molar-refractivity contribution in [2.75, 3.05) is 44.2 Å². The molecule has 0 atom stereocenters. The second kappa shape index (κ2) is 6.12. The Hall–Kier alpha value is -0.770. The number of halogens is 1. The molecule has 0 radical (unpaired) electrons. The van der Waals surface area contributed by atoms with Gasteiger partial charge < -0.3 is 10.2 Å². The van der Waals surface area contributed by atoms with Gasteiger partial charge in [-0.05, 0) is 44.1 Å². The first-order chi connectivity index (χ1) is 9.33. The minimum absolute atomic E-state index is 0.794. The SMILES string of the molecule is Clc1cccc(N2CCN(C3CCNCC3)CC2)c1. The first kappa shape index (κ1) is 13.2. The number of nitrogens with one attached hydrogen (secondary N) is 1. The summed E-state index contributed by atoms with van der Waals surface area (Å²) in [5.41, 5.74) is 1.26. The zero-order chi connectivity index (χ0) is 13.1. The zero-order valence-electron chi connectivity index (χ0n) is 11.3. The minimum atomic E-state index is 0.794. The molecule has 3 rings (SSSR count). The van der Waals surface area contributed by atoms with E-state index in [0.29, 0.717) is 0 Å². The fraction of sp³-hybridized carbons (Fsp3) is 0.600. The molecule has 0 aliphatic carbocycles. The Morgan fingerprint density at radius 3 is 2.47 bits per heavy atom. The fourth-order valence-electron chi connectivity index (χ4n) is 3.19. The number of anilines is 1. The van der Waals surface area contributed by atoms with Crippen LogP contribution in [0.25, 0.3) is 0 Å². The molecule has 104 valence electrons. The molecule has 0 bridgehead atoms. The second-order valence-electron chi connectivity index (χ2n) is 5.48. The summed E-state index contributed by atoms with van der Waals surface area (Å²) in [5.74, 6) is 0. The maximum Gasteiger partial charge on any atom is 0.0426 e. The van der Waals surface area contributed by atoms with Crippen molar-refractivity contribution in [1.29, 1.82) is 0 Å². The fourth-order valence-corrected chi connectivity index (χ4v) is 3.37. The largest absolute Gasteiger partial charge is 0.369 e. The number of piperidine rings is 1. The molecule has 3 nitrogen and oxygen atoms in total. The van der Waals surface area contributed by atoms with Crippen molar-refractivity contribution in [3.05, 3.63) is 29.3 Å². The lowest BCUT2D eigenvalue weighted by atomic mass is 10.0. The van der Waals surface area contributed by atoms with Gasteiger partial charge in [-0.2, -0.15) is 0 Å². The van der Waals surface area contributed by atoms with Crippen molar-refractivity contribution in [3.8, 4) is 0 Å². The monoisotopic (exact) mass is 279 g/mol. The van der Waals surface area contributed by atoms with Crippen LogP contribution in [0.15, 0.2) is 24.3 Å². The Morgan fingerprint density at radius 1 is 1.05 bits per heavy atom. The van der Waals surface area contributed by atoms with Crippen molar-refractivity contribution in [2.24, 2.45) is 0 Å². The smallest absolute Gasteiger partial charge is 0.0426 e. The Balaban J connectivity index is 1.57. The predicted molar refractivity (Wildman–Crippen MR) is 81.1 cm³/mol. The van der Waals surface area contributed by atoms with Crippen LogP contribution in [0.4, 0.5) is 5.69 Å². The van der Waals surface area contributed by atoms with Gasteiger partial charge in [-0.1, -0.05) is 17.7 Å². The molecular formula is C15H22ClN3. The molecule has 2 fully saturated rings. The number of hydrogen-bond donors (Lipinski definition) is 1. The van der Waals surface area contributed by atoms with Gasteiger partial charge in [-0.25, -0.2) is 0 Å². The van der Waals surface area contributed by atoms with Crippen LogP contribution >= 0.6 is 11.6 Å². The Labute approximate surface area is 120 Å². The molecule has 2 aliphatic heterocycles. The highest BCUT2D eigenvalue weighted by molar-refractivity contribution is 6.30. The summed E-state index contributed by atoms with van der Waals surface area (Å²) in [6.45, 7) is 6.95. The van der Waals surface area contributed by atoms with Gasteiger partial charge in [0.2, 0.25) is 0 Å². The van der Waals surface area contributed by atoms with E-state index < -0.39 is 0 Å². The second-order valence-corrected chi connectivity index (χ2v) is 5.92. The third-order valence-corrected chi connectivity index (χ3v) is 4.55. The number of hydrogen-bond acceptors (Lipinski definition) is 3. The summed E-state index contributed by atoms with van der Waals surface area (Å²) in [5, 5.41) is 4.27. The van der Waals surface area contributed by atoms with E-state index in [2.05, 4.69) is 27.2 Å². The van der Waals surface area contributed by atoms with E-state index in [1.165, 1.54) is 44.7 Å². The first-order valence-corrected chi connectivity index (χ1v) is 7.66. The van der Waals surface area contributed by atoms with Gasteiger partial charge in [-0.3, -0.25) is 4.90 Å². The van der Waals surface area contributed by atoms with Crippen LogP contribution < -0.4 is 10.2 Å². The lowest BCUT2D eigenvalue weighted by molar-refractivity contribution is 0.153. The summed E-state index contributed by atoms with van der Waals surface area (Å²) >= 11 is 6.07. The van der Waals surface area contributed by atoms with E-state index in [1.807, 2.05) is 12.1 Å². The van der Waals surface area contributed by atoms with Crippen LogP contribution in [0, 0.1) is 0 Å². The summed E-state index contributed by atoms with van der Waals surface area (Å²) in [6, 6.07) is 9.00. The molecule has 1 aromatic rings. The zero-order valence-corrected chi connectivity index (χ0v) is 12.1.